The number of aliphatic carboxylic acids is 2. The van der Waals surface area contributed by atoms with E-state index in [0.29, 0.717) is 13.0 Å². The van der Waals surface area contributed by atoms with Crippen molar-refractivity contribution in [1.82, 2.24) is 36.8 Å². The van der Waals surface area contributed by atoms with Gasteiger partial charge < -0.3 is 56.5 Å². The minimum Gasteiger partial charge on any atom is -0.481 e. The first-order chi connectivity index (χ1) is 25.2. The Kier molecular flexibility index (Phi) is 28.5. The van der Waals surface area contributed by atoms with E-state index >= 15 is 0 Å². The summed E-state index contributed by atoms with van der Waals surface area (Å²) in [6, 6.07) is -2.86. The van der Waals surface area contributed by atoms with Gasteiger partial charge in [0.2, 0.25) is 41.4 Å². The average Bonchev–Trinajstić information content (AvgIpc) is 3.12. The molecule has 0 aliphatic rings. The van der Waals surface area contributed by atoms with E-state index in [1.165, 1.54) is 4.90 Å². The lowest BCUT2D eigenvalue weighted by atomic mass is 10.1. The zero-order chi connectivity index (χ0) is 40.0. The fourth-order valence-corrected chi connectivity index (χ4v) is 4.52. The van der Waals surface area contributed by atoms with Gasteiger partial charge in [-0.15, -0.1) is 23.2 Å². The predicted molar refractivity (Wildman–Crippen MR) is 192 cm³/mol. The number of alkyl halides is 3. The number of carboxylic acid groups (broad SMARTS) is 2. The minimum absolute atomic E-state index is 0.0181. The number of nitrogens with zero attached hydrogens (tertiary/aromatic N) is 1. The summed E-state index contributed by atoms with van der Waals surface area (Å²) >= 11 is 14.0. The van der Waals surface area contributed by atoms with Crippen LogP contribution in [0.1, 0.15) is 38.5 Å². The van der Waals surface area contributed by atoms with Crippen molar-refractivity contribution < 1.29 is 62.8 Å². The maximum Gasteiger partial charge on any atom is 0.326 e. The summed E-state index contributed by atoms with van der Waals surface area (Å²) in [5.41, 5.74) is 0. The van der Waals surface area contributed by atoms with Crippen LogP contribution >= 0.6 is 39.1 Å². The van der Waals surface area contributed by atoms with Crippen molar-refractivity contribution in [3.63, 3.8) is 0 Å². The molecule has 23 heteroatoms. The monoisotopic (exact) mass is 863 g/mol. The smallest absolute Gasteiger partial charge is 0.326 e. The second kappa shape index (κ2) is 30.6. The highest BCUT2D eigenvalue weighted by Crippen LogP contribution is 2.06. The number of carbonyl (C=O) groups is 9. The summed E-state index contributed by atoms with van der Waals surface area (Å²) < 4.78 is 10.5. The van der Waals surface area contributed by atoms with Gasteiger partial charge in [0.05, 0.1) is 25.2 Å². The molecule has 0 aliphatic carbocycles. The number of hydrogen-bond donors (Lipinski definition) is 8. The van der Waals surface area contributed by atoms with Crippen LogP contribution in [0.15, 0.2) is 0 Å². The summed E-state index contributed by atoms with van der Waals surface area (Å²) in [5, 5.41) is 33.8. The molecule has 0 aromatic heterocycles. The lowest BCUT2D eigenvalue weighted by Crippen LogP contribution is -2.52. The van der Waals surface area contributed by atoms with Crippen LogP contribution in [-0.4, -0.2) is 163 Å². The van der Waals surface area contributed by atoms with E-state index in [4.69, 9.17) is 32.7 Å². The van der Waals surface area contributed by atoms with Crippen LogP contribution < -0.4 is 31.9 Å². The third kappa shape index (κ3) is 26.6. The van der Waals surface area contributed by atoms with Gasteiger partial charge in [0.1, 0.15) is 30.5 Å². The SMILES string of the molecule is O=C(O)CCC(NC(=O)CCC(NC(=O)COCCOCCNC(=O)CCCNC(=O)CBr)C(=O)O)C(=O)N(CCNC(=O)CCl)CCNC(=O)CCl. The highest BCUT2D eigenvalue weighted by molar-refractivity contribution is 9.09. The van der Waals surface area contributed by atoms with E-state index in [-0.39, 0.29) is 101 Å². The zero-order valence-electron chi connectivity index (χ0n) is 29.1. The number of nitrogens with one attached hydrogen (secondary N) is 6. The van der Waals surface area contributed by atoms with Gasteiger partial charge in [0.25, 0.3) is 0 Å². The number of carboxylic acids is 2. The lowest BCUT2D eigenvalue weighted by molar-refractivity contribution is -0.143. The Morgan fingerprint density at radius 3 is 1.72 bits per heavy atom. The quantitative estimate of drug-likeness (QED) is 0.0268. The molecule has 2 atom stereocenters. The lowest BCUT2D eigenvalue weighted by Gasteiger charge is -2.28. The third-order valence-electron chi connectivity index (χ3n) is 6.73. The van der Waals surface area contributed by atoms with E-state index in [9.17, 15) is 53.4 Å². The standard InChI is InChI=1S/C30H48BrCl2N7O13/c31-16-24(43)34-7-1-2-22(41)37-10-13-52-14-15-53-19-27(46)39-21(30(50)51)3-5-23(42)38-20(4-6-28(47)48)29(49)40(11-8-35-25(44)17-32)12-9-36-26(45)18-33/h20-21H,1-19H2,(H,34,43)(H,35,44)(H,36,45)(H,37,41)(H,38,42)(H,39,46)(H,47,48)(H,50,51). The molecule has 0 rings (SSSR count). The van der Waals surface area contributed by atoms with Crippen LogP contribution in [-0.2, 0) is 52.6 Å². The molecule has 0 aliphatic heterocycles. The molecule has 0 saturated carbocycles. The van der Waals surface area contributed by atoms with Crippen LogP contribution in [0.5, 0.6) is 0 Å². The zero-order valence-corrected chi connectivity index (χ0v) is 32.2. The Morgan fingerprint density at radius 1 is 0.604 bits per heavy atom. The molecule has 0 heterocycles. The highest BCUT2D eigenvalue weighted by atomic mass is 79.9. The van der Waals surface area contributed by atoms with Crippen molar-refractivity contribution in [2.45, 2.75) is 50.6 Å². The minimum atomic E-state index is -1.50. The van der Waals surface area contributed by atoms with Crippen LogP contribution in [0.3, 0.4) is 0 Å². The van der Waals surface area contributed by atoms with E-state index in [2.05, 4.69) is 47.8 Å². The van der Waals surface area contributed by atoms with Crippen molar-refractivity contribution in [3.05, 3.63) is 0 Å². The van der Waals surface area contributed by atoms with E-state index in [1.807, 2.05) is 0 Å². The van der Waals surface area contributed by atoms with Gasteiger partial charge in [-0.1, -0.05) is 15.9 Å². The Bertz CT molecular complexity index is 1200. The molecule has 0 aromatic rings. The van der Waals surface area contributed by atoms with E-state index in [1.54, 1.807) is 0 Å². The molecule has 0 fully saturated rings. The first kappa shape index (κ1) is 49.2. The normalized spacial score (nSPS) is 11.7. The average molecular weight is 866 g/mol. The molecule has 2 unspecified atom stereocenters. The number of amides is 7. The maximum atomic E-state index is 13.4. The number of hydrogen-bond acceptors (Lipinski definition) is 11. The van der Waals surface area contributed by atoms with Crippen LogP contribution in [0, 0.1) is 0 Å². The second-order valence-electron chi connectivity index (χ2n) is 10.9. The predicted octanol–water partition coefficient (Wildman–Crippen LogP) is -2.34. The van der Waals surface area contributed by atoms with Gasteiger partial charge in [-0.25, -0.2) is 4.79 Å². The molecule has 0 radical (unpaired) electrons. The summed E-state index contributed by atoms with van der Waals surface area (Å²) in [7, 11) is 0. The number of carbonyl (C=O) groups excluding carboxylic acids is 7. The highest BCUT2D eigenvalue weighted by Gasteiger charge is 2.28. The van der Waals surface area contributed by atoms with Crippen LogP contribution in [0.4, 0.5) is 0 Å². The molecule has 0 bridgehead atoms. The van der Waals surface area contributed by atoms with Gasteiger partial charge >= 0.3 is 11.9 Å². The van der Waals surface area contributed by atoms with Crippen LogP contribution in [0.2, 0.25) is 0 Å². The molecule has 7 amide bonds. The Morgan fingerprint density at radius 2 is 1.15 bits per heavy atom. The Labute approximate surface area is 324 Å². The van der Waals surface area contributed by atoms with E-state index < -0.39 is 73.0 Å². The van der Waals surface area contributed by atoms with Gasteiger partial charge in [-0.05, 0) is 19.3 Å². The molecule has 8 N–H and O–H groups in total. The fourth-order valence-electron chi connectivity index (χ4n) is 4.13. The molecule has 0 aromatic carbocycles. The first-order valence-electron chi connectivity index (χ1n) is 16.5. The van der Waals surface area contributed by atoms with Gasteiger partial charge in [-0.3, -0.25) is 38.4 Å². The van der Waals surface area contributed by atoms with E-state index in [0.717, 1.165) is 0 Å². The van der Waals surface area contributed by atoms with Crippen molar-refractivity contribution in [3.8, 4) is 0 Å². The maximum absolute atomic E-state index is 13.4. The van der Waals surface area contributed by atoms with Crippen molar-refractivity contribution in [1.29, 1.82) is 0 Å². The number of ether oxygens (including phenoxy) is 2. The largest absolute Gasteiger partial charge is 0.481 e. The van der Waals surface area contributed by atoms with Crippen molar-refractivity contribution in [2.24, 2.45) is 0 Å². The first-order valence-corrected chi connectivity index (χ1v) is 18.6. The number of rotatable bonds is 31. The Balaban J connectivity index is 4.85. The molecule has 53 heavy (non-hydrogen) atoms. The summed E-state index contributed by atoms with van der Waals surface area (Å²) in [6.07, 6.45) is -0.977. The third-order valence-corrected chi connectivity index (χ3v) is 7.73. The topological polar surface area (TPSA) is 288 Å². The van der Waals surface area contributed by atoms with Gasteiger partial charge in [0.15, 0.2) is 0 Å². The Hall–Kier alpha value is -3.79. The molecule has 20 nitrogen and oxygen atoms in total. The fraction of sp³-hybridized carbons (Fsp3) is 0.700. The molecule has 0 spiro atoms. The molecular formula is C30H48BrCl2N7O13. The van der Waals surface area contributed by atoms with Gasteiger partial charge in [0, 0.05) is 58.5 Å². The van der Waals surface area contributed by atoms with Crippen LogP contribution in [0.25, 0.3) is 0 Å². The van der Waals surface area contributed by atoms with Crippen molar-refractivity contribution >= 4 is 92.4 Å². The summed E-state index contributed by atoms with van der Waals surface area (Å²) in [6.45, 7) is 0.0744. The molecule has 0 saturated heterocycles. The molecule has 302 valence electrons. The summed E-state index contributed by atoms with van der Waals surface area (Å²) in [4.78, 5) is 109. The second-order valence-corrected chi connectivity index (χ2v) is 12.0. The summed E-state index contributed by atoms with van der Waals surface area (Å²) in [5.74, 6) is -7.06. The van der Waals surface area contributed by atoms with Crippen molar-refractivity contribution in [2.75, 3.05) is 82.8 Å². The number of halogens is 3. The van der Waals surface area contributed by atoms with Gasteiger partial charge in [-0.2, -0.15) is 0 Å². The molecular weight excluding hydrogens is 817 g/mol.